The highest BCUT2D eigenvalue weighted by molar-refractivity contribution is 6.18. The summed E-state index contributed by atoms with van der Waals surface area (Å²) in [6, 6.07) is 29.9. The zero-order valence-electron chi connectivity index (χ0n) is 20.9. The van der Waals surface area contributed by atoms with E-state index in [2.05, 4.69) is 28.4 Å². The topological polar surface area (TPSA) is 56.1 Å². The van der Waals surface area contributed by atoms with Gasteiger partial charge in [-0.15, -0.1) is 24.0 Å². The molecule has 1 aliphatic rings. The van der Waals surface area contributed by atoms with E-state index in [4.69, 9.17) is 16.9 Å². The molecular weight excluding hydrogens is 501 g/mol. The van der Waals surface area contributed by atoms with E-state index in [0.717, 1.165) is 49.2 Å². The van der Waals surface area contributed by atoms with Crippen LogP contribution in [0.25, 0.3) is 6.08 Å². The van der Waals surface area contributed by atoms with Crippen LogP contribution in [0.4, 0.5) is 0 Å². The van der Waals surface area contributed by atoms with Crippen molar-refractivity contribution in [2.75, 3.05) is 25.5 Å². The number of carbonyl (C=O) groups is 1. The van der Waals surface area contributed by atoms with Crippen molar-refractivity contribution in [3.8, 4) is 6.07 Å². The average Bonchev–Trinajstić information content (AvgIpc) is 2.94. The minimum atomic E-state index is -0.814. The van der Waals surface area contributed by atoms with Crippen LogP contribution in [0, 0.1) is 11.3 Å². The number of nitrogens with one attached hydrogen (secondary N) is 1. The number of piperidine rings is 1. The smallest absolute Gasteiger partial charge is 0.235 e. The van der Waals surface area contributed by atoms with Crippen LogP contribution in [0.3, 0.4) is 0 Å². The Labute approximate surface area is 231 Å². The molecule has 1 heterocycles. The predicted molar refractivity (Wildman–Crippen MR) is 154 cm³/mol. The summed E-state index contributed by atoms with van der Waals surface area (Å²) in [5.41, 5.74) is 2.89. The summed E-state index contributed by atoms with van der Waals surface area (Å²) in [7, 11) is 0. The van der Waals surface area contributed by atoms with Gasteiger partial charge in [0, 0.05) is 31.6 Å². The molecule has 0 radical (unpaired) electrons. The van der Waals surface area contributed by atoms with Crippen LogP contribution in [0.1, 0.15) is 41.5 Å². The third kappa shape index (κ3) is 7.02. The van der Waals surface area contributed by atoms with E-state index in [0.29, 0.717) is 17.9 Å². The van der Waals surface area contributed by atoms with Crippen LogP contribution in [0.2, 0.25) is 0 Å². The largest absolute Gasteiger partial charge is 0.352 e. The van der Waals surface area contributed by atoms with Crippen LogP contribution < -0.4 is 5.32 Å². The number of rotatable bonds is 9. The van der Waals surface area contributed by atoms with Gasteiger partial charge in [0.05, 0.1) is 11.6 Å². The first-order valence-electron chi connectivity index (χ1n) is 12.5. The van der Waals surface area contributed by atoms with Crippen LogP contribution in [0.5, 0.6) is 0 Å². The highest BCUT2D eigenvalue weighted by Crippen LogP contribution is 2.37. The Morgan fingerprint density at radius 3 is 2.05 bits per heavy atom. The Hall–Kier alpha value is -3.10. The van der Waals surface area contributed by atoms with E-state index in [1.807, 2.05) is 84.9 Å². The molecular formula is C31H33Cl2N3O. The van der Waals surface area contributed by atoms with Crippen molar-refractivity contribution in [2.45, 2.75) is 30.7 Å². The van der Waals surface area contributed by atoms with Gasteiger partial charge in [-0.3, -0.25) is 9.69 Å². The van der Waals surface area contributed by atoms with E-state index < -0.39 is 5.41 Å². The summed E-state index contributed by atoms with van der Waals surface area (Å²) in [6.07, 6.45) is 6.62. The molecule has 1 N–H and O–H groups in total. The molecule has 4 nitrogen and oxygen atoms in total. The molecule has 6 heteroatoms. The third-order valence-electron chi connectivity index (χ3n) is 7.03. The molecule has 1 fully saturated rings. The molecule has 1 saturated heterocycles. The lowest BCUT2D eigenvalue weighted by atomic mass is 9.71. The van der Waals surface area contributed by atoms with Gasteiger partial charge in [0.2, 0.25) is 5.91 Å². The minimum absolute atomic E-state index is 0. The summed E-state index contributed by atoms with van der Waals surface area (Å²) < 4.78 is 0. The van der Waals surface area contributed by atoms with Gasteiger partial charge >= 0.3 is 0 Å². The van der Waals surface area contributed by atoms with Crippen molar-refractivity contribution >= 4 is 36.0 Å². The fourth-order valence-electron chi connectivity index (χ4n) is 4.99. The van der Waals surface area contributed by atoms with Crippen LogP contribution in [-0.2, 0) is 10.2 Å². The maximum absolute atomic E-state index is 14.0. The molecule has 0 aromatic heterocycles. The van der Waals surface area contributed by atoms with Gasteiger partial charge in [-0.1, -0.05) is 84.9 Å². The van der Waals surface area contributed by atoms with E-state index in [1.54, 1.807) is 0 Å². The third-order valence-corrected chi connectivity index (χ3v) is 7.22. The van der Waals surface area contributed by atoms with Crippen LogP contribution in [0.15, 0.2) is 91.0 Å². The maximum Gasteiger partial charge on any atom is 0.235 e. The molecule has 0 saturated carbocycles. The number of halogens is 2. The first-order chi connectivity index (χ1) is 17.7. The number of nitriles is 1. The van der Waals surface area contributed by atoms with E-state index in [1.165, 1.54) is 0 Å². The summed E-state index contributed by atoms with van der Waals surface area (Å²) in [6.45, 7) is 2.73. The Morgan fingerprint density at radius 2 is 1.54 bits per heavy atom. The monoisotopic (exact) mass is 533 g/mol. The molecule has 0 bridgehead atoms. The number of hydrogen-bond acceptors (Lipinski definition) is 3. The second-order valence-electron chi connectivity index (χ2n) is 9.26. The molecule has 37 heavy (non-hydrogen) atoms. The van der Waals surface area contributed by atoms with Gasteiger partial charge in [-0.05, 0) is 48.1 Å². The number of alkyl halides is 1. The number of carbonyl (C=O) groups excluding carboxylic acids is 1. The lowest BCUT2D eigenvalue weighted by Crippen LogP contribution is -2.52. The fourth-order valence-corrected chi connectivity index (χ4v) is 5.28. The molecule has 3 aromatic rings. The molecule has 4 rings (SSSR count). The van der Waals surface area contributed by atoms with Crippen molar-refractivity contribution in [2.24, 2.45) is 0 Å². The first kappa shape index (κ1) is 28.5. The number of nitrogens with zero attached hydrogens (tertiary/aromatic N) is 2. The highest BCUT2D eigenvalue weighted by atomic mass is 35.5. The standard InChI is InChI=1S/C31H32ClN3O.ClH/c32-20-19-31(27-9-3-1-4-10-27,28-11-5-2-6-12-28)30(36)34-29-17-22-35(23-18-29)21-7-8-25-13-15-26(24-33)16-14-25;/h1-16,29H,17-23H2,(H,34,36);1H/b8-7+;. The molecule has 0 atom stereocenters. The normalized spacial score (nSPS) is 14.6. The Bertz CT molecular complexity index is 1140. The Kier molecular flexibility index (Phi) is 10.8. The number of benzene rings is 3. The zero-order chi connectivity index (χ0) is 25.2. The van der Waals surface area contributed by atoms with Gasteiger partial charge in [-0.2, -0.15) is 5.26 Å². The van der Waals surface area contributed by atoms with Gasteiger partial charge < -0.3 is 5.32 Å². The van der Waals surface area contributed by atoms with Gasteiger partial charge in [0.25, 0.3) is 0 Å². The molecule has 3 aromatic carbocycles. The van der Waals surface area contributed by atoms with Gasteiger partial charge in [-0.25, -0.2) is 0 Å². The molecule has 0 aliphatic carbocycles. The summed E-state index contributed by atoms with van der Waals surface area (Å²) in [5, 5.41) is 12.3. The van der Waals surface area contributed by atoms with Crippen molar-refractivity contribution in [1.29, 1.82) is 5.26 Å². The molecule has 0 spiro atoms. The fraction of sp³-hybridized carbons (Fsp3) is 0.290. The van der Waals surface area contributed by atoms with Crippen molar-refractivity contribution in [3.05, 3.63) is 113 Å². The second-order valence-corrected chi connectivity index (χ2v) is 9.64. The van der Waals surface area contributed by atoms with E-state index >= 15 is 0 Å². The average molecular weight is 535 g/mol. The van der Waals surface area contributed by atoms with Gasteiger partial charge in [0.15, 0.2) is 0 Å². The minimum Gasteiger partial charge on any atom is -0.352 e. The molecule has 1 amide bonds. The van der Waals surface area contributed by atoms with E-state index in [9.17, 15) is 4.79 Å². The van der Waals surface area contributed by atoms with Crippen LogP contribution >= 0.6 is 24.0 Å². The SMILES string of the molecule is Cl.N#Cc1ccc(/C=C/CN2CCC(NC(=O)C(CCCl)(c3ccccc3)c3ccccc3)CC2)cc1. The summed E-state index contributed by atoms with van der Waals surface area (Å²) in [5.74, 6) is 0.418. The van der Waals surface area contributed by atoms with Crippen molar-refractivity contribution < 1.29 is 4.79 Å². The highest BCUT2D eigenvalue weighted by Gasteiger charge is 2.42. The number of amides is 1. The first-order valence-corrected chi connectivity index (χ1v) is 13.1. The quantitative estimate of drug-likeness (QED) is 0.333. The van der Waals surface area contributed by atoms with Crippen molar-refractivity contribution in [3.63, 3.8) is 0 Å². The lowest BCUT2D eigenvalue weighted by Gasteiger charge is -2.37. The lowest BCUT2D eigenvalue weighted by molar-refractivity contribution is -0.126. The molecule has 0 unspecified atom stereocenters. The zero-order valence-corrected chi connectivity index (χ0v) is 22.4. The predicted octanol–water partition coefficient (Wildman–Crippen LogP) is 6.19. The molecule has 192 valence electrons. The van der Waals surface area contributed by atoms with Crippen LogP contribution in [-0.4, -0.2) is 42.4 Å². The van der Waals surface area contributed by atoms with Gasteiger partial charge in [0.1, 0.15) is 5.41 Å². The maximum atomic E-state index is 14.0. The summed E-state index contributed by atoms with van der Waals surface area (Å²) in [4.78, 5) is 16.4. The molecule has 1 aliphatic heterocycles. The van der Waals surface area contributed by atoms with Crippen molar-refractivity contribution in [1.82, 2.24) is 10.2 Å². The second kappa shape index (κ2) is 14.0. The summed E-state index contributed by atoms with van der Waals surface area (Å²) >= 11 is 6.29. The Balaban J connectivity index is 0.00000380. The number of likely N-dealkylation sites (tertiary alicyclic amines) is 1. The Morgan fingerprint density at radius 1 is 0.973 bits per heavy atom. The number of hydrogen-bond donors (Lipinski definition) is 1. The van der Waals surface area contributed by atoms with E-state index in [-0.39, 0.29) is 24.4 Å².